The number of carbonyl (C=O) groups is 1. The van der Waals surface area contributed by atoms with Gasteiger partial charge in [-0.05, 0) is 55.5 Å². The molecule has 2 heterocycles. The van der Waals surface area contributed by atoms with Crippen molar-refractivity contribution >= 4 is 62.3 Å². The Kier molecular flexibility index (Phi) is 4.95. The zero-order valence-corrected chi connectivity index (χ0v) is 18.1. The number of nitrogens with one attached hydrogen (secondary N) is 3. The van der Waals surface area contributed by atoms with Crippen LogP contribution in [0, 0.1) is 0 Å². The summed E-state index contributed by atoms with van der Waals surface area (Å²) in [5, 5.41) is 15.7. The molecule has 0 atom stereocenters. The number of nitrogen functional groups attached to an aromatic ring is 1. The number of hydrogen-bond acceptors (Lipinski definition) is 4. The SMILES string of the molecule is CCn1c2ccccc2c2cc(NC(=O)c3c(Nc4ccc(Cl)cc4)n[nH]c3N)ccc21. The van der Waals surface area contributed by atoms with E-state index in [1.807, 2.05) is 30.3 Å². The quantitative estimate of drug-likeness (QED) is 0.276. The zero-order chi connectivity index (χ0) is 22.2. The molecule has 5 N–H and O–H groups in total. The Morgan fingerprint density at radius 2 is 1.75 bits per heavy atom. The van der Waals surface area contributed by atoms with E-state index in [1.54, 1.807) is 24.3 Å². The molecule has 0 aliphatic heterocycles. The molecule has 0 spiro atoms. The van der Waals surface area contributed by atoms with Crippen molar-refractivity contribution in [3.63, 3.8) is 0 Å². The number of nitrogens with zero attached hydrogens (tertiary/aromatic N) is 2. The number of fused-ring (bicyclic) bond motifs is 3. The molecule has 7 nitrogen and oxygen atoms in total. The highest BCUT2D eigenvalue weighted by atomic mass is 35.5. The van der Waals surface area contributed by atoms with Crippen LogP contribution in [0.4, 0.5) is 23.0 Å². The molecule has 0 aliphatic rings. The lowest BCUT2D eigenvalue weighted by Crippen LogP contribution is -2.14. The van der Waals surface area contributed by atoms with Crippen LogP contribution in [-0.4, -0.2) is 20.7 Å². The summed E-state index contributed by atoms with van der Waals surface area (Å²) in [5.41, 5.74) is 9.98. The van der Waals surface area contributed by atoms with Crippen LogP contribution < -0.4 is 16.4 Å². The largest absolute Gasteiger partial charge is 0.383 e. The average molecular weight is 445 g/mol. The summed E-state index contributed by atoms with van der Waals surface area (Å²) in [4.78, 5) is 13.1. The van der Waals surface area contributed by atoms with Gasteiger partial charge in [-0.1, -0.05) is 29.8 Å². The Morgan fingerprint density at radius 3 is 2.53 bits per heavy atom. The van der Waals surface area contributed by atoms with E-state index >= 15 is 0 Å². The van der Waals surface area contributed by atoms with E-state index in [-0.39, 0.29) is 17.3 Å². The molecule has 5 aromatic rings. The van der Waals surface area contributed by atoms with Crippen LogP contribution in [0.15, 0.2) is 66.7 Å². The monoisotopic (exact) mass is 444 g/mol. The topological polar surface area (TPSA) is 101 Å². The van der Waals surface area contributed by atoms with E-state index < -0.39 is 0 Å². The van der Waals surface area contributed by atoms with Crippen LogP contribution in [0.5, 0.6) is 0 Å². The molecule has 0 saturated heterocycles. The number of amides is 1. The highest BCUT2D eigenvalue weighted by molar-refractivity contribution is 6.30. The van der Waals surface area contributed by atoms with Crippen molar-refractivity contribution in [2.24, 2.45) is 0 Å². The first-order chi connectivity index (χ1) is 15.5. The normalized spacial score (nSPS) is 11.2. The number of para-hydroxylation sites is 1. The van der Waals surface area contributed by atoms with Gasteiger partial charge in [0.25, 0.3) is 5.91 Å². The van der Waals surface area contributed by atoms with Gasteiger partial charge in [-0.25, -0.2) is 0 Å². The number of hydrogen-bond donors (Lipinski definition) is 4. The Bertz CT molecular complexity index is 1450. The van der Waals surface area contributed by atoms with Gasteiger partial charge in [0.15, 0.2) is 5.82 Å². The van der Waals surface area contributed by atoms with Crippen LogP contribution in [0.2, 0.25) is 5.02 Å². The predicted molar refractivity (Wildman–Crippen MR) is 131 cm³/mol. The second-order valence-electron chi connectivity index (χ2n) is 7.44. The molecule has 1 amide bonds. The second kappa shape index (κ2) is 7.94. The van der Waals surface area contributed by atoms with Gasteiger partial charge in [0.1, 0.15) is 11.4 Å². The van der Waals surface area contributed by atoms with E-state index in [9.17, 15) is 4.79 Å². The molecule has 160 valence electrons. The minimum atomic E-state index is -0.355. The van der Waals surface area contributed by atoms with Crippen molar-refractivity contribution in [1.29, 1.82) is 0 Å². The second-order valence-corrected chi connectivity index (χ2v) is 7.88. The number of rotatable bonds is 5. The first kappa shape index (κ1) is 20.0. The van der Waals surface area contributed by atoms with Crippen molar-refractivity contribution in [2.45, 2.75) is 13.5 Å². The van der Waals surface area contributed by atoms with E-state index in [2.05, 4.69) is 44.5 Å². The zero-order valence-electron chi connectivity index (χ0n) is 17.3. The predicted octanol–water partition coefficient (Wildman–Crippen LogP) is 5.77. The fourth-order valence-electron chi connectivity index (χ4n) is 4.01. The summed E-state index contributed by atoms with van der Waals surface area (Å²) < 4.78 is 2.26. The molecular weight excluding hydrogens is 424 g/mol. The van der Waals surface area contributed by atoms with Crippen molar-refractivity contribution < 1.29 is 4.79 Å². The number of anilines is 4. The van der Waals surface area contributed by atoms with E-state index in [4.69, 9.17) is 17.3 Å². The van der Waals surface area contributed by atoms with Crippen LogP contribution >= 0.6 is 11.6 Å². The molecule has 5 rings (SSSR count). The lowest BCUT2D eigenvalue weighted by atomic mass is 10.1. The summed E-state index contributed by atoms with van der Waals surface area (Å²) in [6, 6.07) is 21.3. The number of benzene rings is 3. The highest BCUT2D eigenvalue weighted by Crippen LogP contribution is 2.32. The summed E-state index contributed by atoms with van der Waals surface area (Å²) in [6.45, 7) is 2.99. The maximum absolute atomic E-state index is 13.1. The lowest BCUT2D eigenvalue weighted by Gasteiger charge is -2.09. The molecular formula is C24H21ClN6O. The van der Waals surface area contributed by atoms with Gasteiger partial charge in [0.2, 0.25) is 0 Å². The number of aromatic amines is 1. The molecule has 0 unspecified atom stereocenters. The van der Waals surface area contributed by atoms with Gasteiger partial charge >= 0.3 is 0 Å². The number of halogens is 1. The third-order valence-corrected chi connectivity index (χ3v) is 5.73. The van der Waals surface area contributed by atoms with Gasteiger partial charge in [-0.15, -0.1) is 0 Å². The Morgan fingerprint density at radius 1 is 1.03 bits per heavy atom. The molecule has 32 heavy (non-hydrogen) atoms. The molecule has 2 aromatic heterocycles. The summed E-state index contributed by atoms with van der Waals surface area (Å²) in [7, 11) is 0. The molecule has 0 saturated carbocycles. The van der Waals surface area contributed by atoms with Gasteiger partial charge < -0.3 is 20.9 Å². The molecule has 0 fully saturated rings. The molecule has 3 aromatic carbocycles. The Hall–Kier alpha value is -3.97. The van der Waals surface area contributed by atoms with Crippen molar-refractivity contribution in [3.05, 3.63) is 77.3 Å². The number of nitrogens with two attached hydrogens (primary N) is 1. The summed E-state index contributed by atoms with van der Waals surface area (Å²) >= 11 is 5.94. The van der Waals surface area contributed by atoms with E-state index in [0.717, 1.165) is 28.5 Å². The lowest BCUT2D eigenvalue weighted by molar-refractivity contribution is 0.102. The van der Waals surface area contributed by atoms with Gasteiger partial charge in [0, 0.05) is 44.7 Å². The molecule has 0 radical (unpaired) electrons. The molecule has 8 heteroatoms. The standard InChI is InChI=1S/C24H21ClN6O/c1-2-31-19-6-4-3-5-17(19)18-13-16(11-12-20(18)31)28-24(32)21-22(26)29-30-23(21)27-15-9-7-14(25)8-10-15/h3-13H,2H2,1H3,(H,28,32)(H4,26,27,29,30). The summed E-state index contributed by atoms with van der Waals surface area (Å²) in [6.07, 6.45) is 0. The third kappa shape index (κ3) is 3.42. The van der Waals surface area contributed by atoms with Gasteiger partial charge in [0.05, 0.1) is 0 Å². The Labute approximate surface area is 189 Å². The van der Waals surface area contributed by atoms with Gasteiger partial charge in [-0.3, -0.25) is 9.89 Å². The van der Waals surface area contributed by atoms with Crippen molar-refractivity contribution in [2.75, 3.05) is 16.4 Å². The van der Waals surface area contributed by atoms with E-state index in [1.165, 1.54) is 5.52 Å². The maximum atomic E-state index is 13.1. The highest BCUT2D eigenvalue weighted by Gasteiger charge is 2.20. The minimum absolute atomic E-state index is 0.183. The van der Waals surface area contributed by atoms with E-state index in [0.29, 0.717) is 16.5 Å². The van der Waals surface area contributed by atoms with Crippen LogP contribution in [-0.2, 0) is 6.54 Å². The van der Waals surface area contributed by atoms with Crippen LogP contribution in [0.3, 0.4) is 0 Å². The number of aryl methyl sites for hydroxylation is 1. The maximum Gasteiger partial charge on any atom is 0.263 e. The summed E-state index contributed by atoms with van der Waals surface area (Å²) in [5.74, 6) is 0.167. The van der Waals surface area contributed by atoms with Crippen molar-refractivity contribution in [1.82, 2.24) is 14.8 Å². The third-order valence-electron chi connectivity index (χ3n) is 5.47. The number of H-pyrrole nitrogens is 1. The Balaban J connectivity index is 1.47. The first-order valence-electron chi connectivity index (χ1n) is 10.2. The first-order valence-corrected chi connectivity index (χ1v) is 10.6. The van der Waals surface area contributed by atoms with Crippen LogP contribution in [0.1, 0.15) is 17.3 Å². The fourth-order valence-corrected chi connectivity index (χ4v) is 4.14. The molecule has 0 bridgehead atoms. The minimum Gasteiger partial charge on any atom is -0.383 e. The number of carbonyl (C=O) groups excluding carboxylic acids is 1. The average Bonchev–Trinajstić information content (AvgIpc) is 3.32. The number of aromatic nitrogens is 3. The fraction of sp³-hybridized carbons (Fsp3) is 0.0833. The van der Waals surface area contributed by atoms with Crippen molar-refractivity contribution in [3.8, 4) is 0 Å². The smallest absolute Gasteiger partial charge is 0.263 e. The van der Waals surface area contributed by atoms with Gasteiger partial charge in [-0.2, -0.15) is 5.10 Å². The molecule has 0 aliphatic carbocycles. The van der Waals surface area contributed by atoms with Crippen LogP contribution in [0.25, 0.3) is 21.8 Å².